The first-order chi connectivity index (χ1) is 21.4. The van der Waals surface area contributed by atoms with Gasteiger partial charge in [0, 0.05) is 34.5 Å². The van der Waals surface area contributed by atoms with Crippen LogP contribution in [0.4, 0.5) is 5.82 Å². The van der Waals surface area contributed by atoms with Crippen LogP contribution < -0.4 is 5.73 Å². The van der Waals surface area contributed by atoms with E-state index in [2.05, 4.69) is 124 Å². The van der Waals surface area contributed by atoms with E-state index in [1.807, 2.05) is 30.1 Å². The van der Waals surface area contributed by atoms with Gasteiger partial charge in [0.1, 0.15) is 30.0 Å². The van der Waals surface area contributed by atoms with E-state index in [1.165, 1.54) is 11.9 Å². The van der Waals surface area contributed by atoms with Crippen molar-refractivity contribution >= 4 is 45.2 Å². The molecule has 3 N–H and O–H groups in total. The number of nitrogens with one attached hydrogen (secondary N) is 1. The fourth-order valence-electron chi connectivity index (χ4n) is 5.30. The summed E-state index contributed by atoms with van der Waals surface area (Å²) in [6.45, 7) is 25.0. The molecule has 0 bridgehead atoms. The number of hydrogen-bond acceptors (Lipinski definition) is 8. The van der Waals surface area contributed by atoms with Crippen LogP contribution >= 0.6 is 11.8 Å². The van der Waals surface area contributed by atoms with E-state index in [1.54, 1.807) is 0 Å². The Labute approximate surface area is 280 Å². The van der Waals surface area contributed by atoms with Gasteiger partial charge in [0.25, 0.3) is 0 Å². The second kappa shape index (κ2) is 12.8. The Hall–Kier alpha value is -2.49. The zero-order valence-electron chi connectivity index (χ0n) is 29.3. The minimum atomic E-state index is -2.26. The Morgan fingerprint density at radius 2 is 1.57 bits per heavy atom. The molecule has 0 unspecified atom stereocenters. The van der Waals surface area contributed by atoms with Gasteiger partial charge >= 0.3 is 0 Å². The average molecular weight is 681 g/mol. The molecule has 1 aromatic carbocycles. The third-order valence-electron chi connectivity index (χ3n) is 10.2. The number of nitrogens with two attached hydrogens (primary N) is 1. The number of aryl methyl sites for hydroxylation is 1. The van der Waals surface area contributed by atoms with Gasteiger partial charge in [0.05, 0.1) is 17.2 Å². The summed E-state index contributed by atoms with van der Waals surface area (Å²) in [6.07, 6.45) is 2.29. The third kappa shape index (κ3) is 6.88. The highest BCUT2D eigenvalue weighted by atomic mass is 32.2. The van der Waals surface area contributed by atoms with Gasteiger partial charge in [-0.1, -0.05) is 71.9 Å². The molecule has 9 nitrogen and oxygen atoms in total. The van der Waals surface area contributed by atoms with Crippen LogP contribution in [-0.4, -0.2) is 65.4 Å². The molecule has 4 atom stereocenters. The standard InChI is InChI=1S/C34H52N6O3SSi2/c1-22-25(27(39-38-22)23-15-13-12-14-16-23)19-44-20-26-28(42-45(8,9)33(2,3)4)29(43-46(10,11)34(5,6)7)32(41-26)40-18-17-24-30(35)36-21-37-31(24)40/h12-18,21,26,28-29,32H,19-20H2,1-11H3,(H,38,39)(H2,35,36,37)/t26-,28-,29-,32-/m1/s1. The number of rotatable bonds is 10. The molecular formula is C34H52N6O3SSi2. The summed E-state index contributed by atoms with van der Waals surface area (Å²) in [5.41, 5.74) is 11.4. The zero-order chi connectivity index (χ0) is 33.7. The SMILES string of the molecule is Cc1[nH]nc(-c2ccccc2)c1CSC[C@H]1O[C@@H](n2ccc3c(N)ncnc32)[C@H](O[Si](C)(C)C(C)(C)C)[C@@H]1O[Si](C)(C)C(C)(C)C. The second-order valence-electron chi connectivity index (χ2n) is 15.5. The fourth-order valence-corrected chi connectivity index (χ4v) is 9.08. The van der Waals surface area contributed by atoms with E-state index >= 15 is 0 Å². The smallest absolute Gasteiger partial charge is 0.192 e. The monoisotopic (exact) mass is 680 g/mol. The number of nitrogen functional groups attached to an aromatic ring is 1. The Balaban J connectivity index is 1.52. The largest absolute Gasteiger partial charge is 0.408 e. The topological polar surface area (TPSA) is 113 Å². The second-order valence-corrected chi connectivity index (χ2v) is 26.1. The average Bonchev–Trinajstić information content (AvgIpc) is 3.64. The summed E-state index contributed by atoms with van der Waals surface area (Å²) in [6, 6.07) is 12.3. The van der Waals surface area contributed by atoms with Crippen LogP contribution in [0, 0.1) is 6.92 Å². The molecule has 250 valence electrons. The number of anilines is 1. The highest BCUT2D eigenvalue weighted by Crippen LogP contribution is 2.47. The van der Waals surface area contributed by atoms with Gasteiger partial charge in [-0.25, -0.2) is 9.97 Å². The van der Waals surface area contributed by atoms with Crippen molar-refractivity contribution in [3.63, 3.8) is 0 Å². The van der Waals surface area contributed by atoms with Crippen LogP contribution in [0.15, 0.2) is 48.9 Å². The minimum absolute atomic E-state index is 0.00388. The molecule has 1 saturated heterocycles. The van der Waals surface area contributed by atoms with Crippen molar-refractivity contribution in [1.82, 2.24) is 24.7 Å². The van der Waals surface area contributed by atoms with Crippen LogP contribution in [0.2, 0.25) is 36.3 Å². The van der Waals surface area contributed by atoms with Crippen LogP contribution in [0.3, 0.4) is 0 Å². The first kappa shape index (κ1) is 34.8. The van der Waals surface area contributed by atoms with Crippen LogP contribution in [0.5, 0.6) is 0 Å². The quantitative estimate of drug-likeness (QED) is 0.161. The van der Waals surface area contributed by atoms with Gasteiger partial charge < -0.3 is 23.9 Å². The summed E-state index contributed by atoms with van der Waals surface area (Å²) in [5, 5.41) is 8.69. The molecule has 1 aliphatic heterocycles. The predicted octanol–water partition coefficient (Wildman–Crippen LogP) is 8.32. The summed E-state index contributed by atoms with van der Waals surface area (Å²) in [5.74, 6) is 1.99. The maximum absolute atomic E-state index is 7.32. The van der Waals surface area contributed by atoms with Gasteiger partial charge in [-0.05, 0) is 49.3 Å². The molecule has 0 saturated carbocycles. The number of ether oxygens (including phenoxy) is 1. The van der Waals surface area contributed by atoms with Crippen LogP contribution in [0.1, 0.15) is 59.0 Å². The number of nitrogens with zero attached hydrogens (tertiary/aromatic N) is 4. The number of benzene rings is 1. The van der Waals surface area contributed by atoms with Crippen molar-refractivity contribution in [2.24, 2.45) is 0 Å². The molecule has 1 aliphatic rings. The number of fused-ring (bicyclic) bond motifs is 1. The first-order valence-electron chi connectivity index (χ1n) is 16.2. The zero-order valence-corrected chi connectivity index (χ0v) is 32.2. The van der Waals surface area contributed by atoms with E-state index in [0.717, 1.165) is 39.5 Å². The fraction of sp³-hybridized carbons (Fsp3) is 0.559. The molecule has 4 heterocycles. The normalized spacial score (nSPS) is 21.4. The predicted molar refractivity (Wildman–Crippen MR) is 195 cm³/mol. The van der Waals surface area contributed by atoms with Gasteiger partial charge in [-0.2, -0.15) is 16.9 Å². The molecule has 0 radical (unpaired) electrons. The lowest BCUT2D eigenvalue weighted by atomic mass is 10.1. The summed E-state index contributed by atoms with van der Waals surface area (Å²) >= 11 is 1.85. The molecular weight excluding hydrogens is 629 g/mol. The minimum Gasteiger partial charge on any atom is -0.408 e. The van der Waals surface area contributed by atoms with Crippen molar-refractivity contribution < 1.29 is 13.6 Å². The molecule has 1 fully saturated rings. The van der Waals surface area contributed by atoms with E-state index in [9.17, 15) is 0 Å². The van der Waals surface area contributed by atoms with Crippen molar-refractivity contribution in [1.29, 1.82) is 0 Å². The van der Waals surface area contributed by atoms with E-state index in [-0.39, 0.29) is 28.4 Å². The molecule has 0 amide bonds. The van der Waals surface area contributed by atoms with Crippen molar-refractivity contribution in [3.8, 4) is 11.3 Å². The van der Waals surface area contributed by atoms with Gasteiger partial charge in [0.15, 0.2) is 22.9 Å². The van der Waals surface area contributed by atoms with Gasteiger partial charge in [-0.3, -0.25) is 5.10 Å². The Morgan fingerprint density at radius 1 is 0.935 bits per heavy atom. The number of H-pyrrole nitrogens is 1. The molecule has 5 rings (SSSR count). The molecule has 0 aliphatic carbocycles. The Morgan fingerprint density at radius 3 is 2.20 bits per heavy atom. The van der Waals surface area contributed by atoms with Crippen molar-refractivity contribution in [2.45, 2.75) is 115 Å². The number of hydrogen-bond donors (Lipinski definition) is 2. The van der Waals surface area contributed by atoms with Gasteiger partial charge in [-0.15, -0.1) is 0 Å². The molecule has 46 heavy (non-hydrogen) atoms. The number of thioether (sulfide) groups is 1. The lowest BCUT2D eigenvalue weighted by molar-refractivity contribution is -0.0244. The number of aromatic amines is 1. The third-order valence-corrected chi connectivity index (χ3v) is 20.2. The lowest BCUT2D eigenvalue weighted by Gasteiger charge is -2.44. The van der Waals surface area contributed by atoms with Crippen LogP contribution in [-0.2, 0) is 19.3 Å². The maximum atomic E-state index is 7.32. The van der Waals surface area contributed by atoms with Crippen molar-refractivity contribution in [3.05, 3.63) is 60.2 Å². The highest BCUT2D eigenvalue weighted by molar-refractivity contribution is 7.98. The molecule has 4 aromatic rings. The first-order valence-corrected chi connectivity index (χ1v) is 23.1. The summed E-state index contributed by atoms with van der Waals surface area (Å²) < 4.78 is 23.8. The lowest BCUT2D eigenvalue weighted by Crippen LogP contribution is -2.53. The van der Waals surface area contributed by atoms with Gasteiger partial charge in [0.2, 0.25) is 0 Å². The van der Waals surface area contributed by atoms with E-state index in [0.29, 0.717) is 5.82 Å². The van der Waals surface area contributed by atoms with E-state index in [4.69, 9.17) is 19.3 Å². The maximum Gasteiger partial charge on any atom is 0.192 e. The summed E-state index contributed by atoms with van der Waals surface area (Å²) in [7, 11) is -4.49. The molecule has 0 spiro atoms. The molecule has 3 aromatic heterocycles. The molecule has 12 heteroatoms. The van der Waals surface area contributed by atoms with E-state index < -0.39 is 22.9 Å². The van der Waals surface area contributed by atoms with Crippen LogP contribution in [0.25, 0.3) is 22.3 Å². The van der Waals surface area contributed by atoms with Crippen molar-refractivity contribution in [2.75, 3.05) is 11.5 Å². The summed E-state index contributed by atoms with van der Waals surface area (Å²) in [4.78, 5) is 8.86. The Kier molecular flexibility index (Phi) is 9.73. The Bertz CT molecular complexity index is 1640. The number of aromatic nitrogens is 5. The highest BCUT2D eigenvalue weighted by Gasteiger charge is 2.54.